The van der Waals surface area contributed by atoms with E-state index in [1.165, 1.54) is 12.1 Å². The van der Waals surface area contributed by atoms with Gasteiger partial charge in [-0.1, -0.05) is 40.9 Å². The van der Waals surface area contributed by atoms with Gasteiger partial charge in [-0.05, 0) is 24.3 Å². The molecule has 0 atom stereocenters. The molecule has 0 fully saturated rings. The number of halogens is 8. The van der Waals surface area contributed by atoms with Gasteiger partial charge < -0.3 is 4.74 Å². The molecule has 0 aliphatic rings. The number of hydrogen-bond acceptors (Lipinski definition) is 1. The first-order valence-corrected chi connectivity index (χ1v) is 7.05. The fourth-order valence-electron chi connectivity index (χ4n) is 1.98. The van der Waals surface area contributed by atoms with Gasteiger partial charge in [0.15, 0.2) is 0 Å². The van der Waals surface area contributed by atoms with E-state index in [0.29, 0.717) is 6.07 Å². The monoisotopic (exact) mass is 390 g/mol. The minimum absolute atomic E-state index is 0.0777. The molecule has 0 unspecified atom stereocenters. The summed E-state index contributed by atoms with van der Waals surface area (Å²) in [7, 11) is 0. The van der Waals surface area contributed by atoms with E-state index in [-0.39, 0.29) is 20.6 Å². The summed E-state index contributed by atoms with van der Waals surface area (Å²) in [5.41, 5.74) is -2.25. The Morgan fingerprint density at radius 1 is 0.870 bits per heavy atom. The van der Waals surface area contributed by atoms with Gasteiger partial charge in [-0.2, -0.15) is 22.0 Å². The zero-order valence-electron chi connectivity index (χ0n) is 10.9. The molecule has 0 saturated carbocycles. The molecule has 23 heavy (non-hydrogen) atoms. The average molecular weight is 392 g/mol. The second-order valence-corrected chi connectivity index (χ2v) is 5.47. The van der Waals surface area contributed by atoms with Crippen molar-refractivity contribution in [1.82, 2.24) is 0 Å². The van der Waals surface area contributed by atoms with Crippen molar-refractivity contribution in [2.45, 2.75) is 12.8 Å². The van der Waals surface area contributed by atoms with Crippen LogP contribution in [0.15, 0.2) is 30.3 Å². The van der Waals surface area contributed by atoms with E-state index in [9.17, 15) is 22.0 Å². The van der Waals surface area contributed by atoms with Crippen molar-refractivity contribution in [3.8, 4) is 16.9 Å². The molecule has 1 nitrogen and oxygen atoms in total. The molecule has 0 aromatic heterocycles. The average Bonchev–Trinajstić information content (AvgIpc) is 2.43. The van der Waals surface area contributed by atoms with Crippen LogP contribution >= 0.6 is 34.8 Å². The van der Waals surface area contributed by atoms with Gasteiger partial charge >= 0.3 is 12.8 Å². The summed E-state index contributed by atoms with van der Waals surface area (Å²) in [4.78, 5) is 0. The van der Waals surface area contributed by atoms with Crippen molar-refractivity contribution in [2.24, 2.45) is 0 Å². The molecule has 0 N–H and O–H groups in total. The van der Waals surface area contributed by atoms with E-state index < -0.39 is 29.7 Å². The summed E-state index contributed by atoms with van der Waals surface area (Å²) in [5.74, 6) is -0.708. The maximum Gasteiger partial charge on any atom is 0.417 e. The van der Waals surface area contributed by atoms with E-state index >= 15 is 0 Å². The predicted octanol–water partition coefficient (Wildman–Crippen LogP) is 6.93. The highest BCUT2D eigenvalue weighted by atomic mass is 35.5. The summed E-state index contributed by atoms with van der Waals surface area (Å²) < 4.78 is 69.0. The second-order valence-electron chi connectivity index (χ2n) is 4.27. The molecule has 0 heterocycles. The number of rotatable bonds is 3. The summed E-state index contributed by atoms with van der Waals surface area (Å²) in [6.45, 7) is -3.33. The van der Waals surface area contributed by atoms with Crippen molar-refractivity contribution >= 4 is 34.8 Å². The molecule has 0 saturated heterocycles. The third-order valence-corrected chi connectivity index (χ3v) is 3.96. The Hall–Kier alpha value is -1.24. The highest BCUT2D eigenvalue weighted by Gasteiger charge is 2.36. The predicted molar refractivity (Wildman–Crippen MR) is 78.5 cm³/mol. The third-order valence-electron chi connectivity index (χ3n) is 2.84. The van der Waals surface area contributed by atoms with Gasteiger partial charge in [0.05, 0.1) is 20.6 Å². The van der Waals surface area contributed by atoms with Crippen molar-refractivity contribution in [3.63, 3.8) is 0 Å². The number of alkyl halides is 5. The second kappa shape index (κ2) is 6.71. The number of benzene rings is 2. The molecule has 0 aliphatic heterocycles. The van der Waals surface area contributed by atoms with Gasteiger partial charge in [-0.25, -0.2) is 0 Å². The van der Waals surface area contributed by atoms with Gasteiger partial charge in [0.2, 0.25) is 0 Å². The van der Waals surface area contributed by atoms with Gasteiger partial charge in [-0.15, -0.1) is 0 Å². The van der Waals surface area contributed by atoms with Crippen molar-refractivity contribution in [1.29, 1.82) is 0 Å². The Labute approximate surface area is 142 Å². The highest BCUT2D eigenvalue weighted by Crippen LogP contribution is 2.48. The van der Waals surface area contributed by atoms with Gasteiger partial charge in [0, 0.05) is 11.1 Å². The SMILES string of the molecule is FC(F)Oc1cccc(C(F)(F)F)c1-c1c(Cl)ccc(Cl)c1Cl. The zero-order chi connectivity index (χ0) is 17.4. The lowest BCUT2D eigenvalue weighted by molar-refractivity contribution is -0.137. The molecule has 0 radical (unpaired) electrons. The Kier molecular flexibility index (Phi) is 5.28. The Balaban J connectivity index is 2.86. The summed E-state index contributed by atoms with van der Waals surface area (Å²) in [6, 6.07) is 5.10. The zero-order valence-corrected chi connectivity index (χ0v) is 13.2. The topological polar surface area (TPSA) is 9.23 Å². The molecular formula is C14H6Cl3F5O. The van der Waals surface area contributed by atoms with Crippen LogP contribution in [-0.2, 0) is 6.18 Å². The summed E-state index contributed by atoms with van der Waals surface area (Å²) in [5, 5.41) is -0.559. The maximum atomic E-state index is 13.3. The van der Waals surface area contributed by atoms with Crippen LogP contribution in [-0.4, -0.2) is 6.61 Å². The Morgan fingerprint density at radius 3 is 2.04 bits per heavy atom. The summed E-state index contributed by atoms with van der Waals surface area (Å²) in [6.07, 6.45) is -4.84. The lowest BCUT2D eigenvalue weighted by atomic mass is 9.98. The van der Waals surface area contributed by atoms with E-state index in [4.69, 9.17) is 34.8 Å². The van der Waals surface area contributed by atoms with E-state index in [0.717, 1.165) is 12.1 Å². The minimum atomic E-state index is -4.84. The van der Waals surface area contributed by atoms with Crippen molar-refractivity contribution < 1.29 is 26.7 Å². The number of ether oxygens (including phenoxy) is 1. The lowest BCUT2D eigenvalue weighted by Gasteiger charge is -2.19. The van der Waals surface area contributed by atoms with E-state index in [1.54, 1.807) is 0 Å². The van der Waals surface area contributed by atoms with Crippen LogP contribution in [0, 0.1) is 0 Å². The number of hydrogen-bond donors (Lipinski definition) is 0. The summed E-state index contributed by atoms with van der Waals surface area (Å²) >= 11 is 17.6. The quantitative estimate of drug-likeness (QED) is 0.407. The standard InChI is InChI=1S/C14H6Cl3F5O/c15-7-4-5-8(16)12(17)11(7)10-6(14(20,21)22)2-1-3-9(10)23-13(18)19/h1-5,13H. The van der Waals surface area contributed by atoms with Crippen molar-refractivity contribution in [2.75, 3.05) is 0 Å². The minimum Gasteiger partial charge on any atom is -0.434 e. The highest BCUT2D eigenvalue weighted by molar-refractivity contribution is 6.46. The normalized spacial score (nSPS) is 11.9. The smallest absolute Gasteiger partial charge is 0.417 e. The van der Waals surface area contributed by atoms with Crippen LogP contribution < -0.4 is 4.74 Å². The Morgan fingerprint density at radius 2 is 1.48 bits per heavy atom. The molecule has 0 amide bonds. The first-order valence-electron chi connectivity index (χ1n) is 5.91. The molecule has 2 rings (SSSR count). The fraction of sp³-hybridized carbons (Fsp3) is 0.143. The molecule has 2 aromatic carbocycles. The molecular weight excluding hydrogens is 386 g/mol. The van der Waals surface area contributed by atoms with E-state index in [2.05, 4.69) is 4.74 Å². The maximum absolute atomic E-state index is 13.3. The van der Waals surface area contributed by atoms with Crippen LogP contribution in [0.1, 0.15) is 5.56 Å². The Bertz CT molecular complexity index is 731. The van der Waals surface area contributed by atoms with Crippen LogP contribution in [0.5, 0.6) is 5.75 Å². The van der Waals surface area contributed by atoms with Gasteiger partial charge in [-0.3, -0.25) is 0 Å². The molecule has 124 valence electrons. The first kappa shape index (κ1) is 18.1. The third kappa shape index (κ3) is 3.82. The fourth-order valence-corrected chi connectivity index (χ4v) is 2.69. The van der Waals surface area contributed by atoms with Crippen LogP contribution in [0.2, 0.25) is 15.1 Å². The van der Waals surface area contributed by atoms with Crippen LogP contribution in [0.3, 0.4) is 0 Å². The molecule has 0 spiro atoms. The van der Waals surface area contributed by atoms with Gasteiger partial charge in [0.1, 0.15) is 5.75 Å². The van der Waals surface area contributed by atoms with Gasteiger partial charge in [0.25, 0.3) is 0 Å². The first-order chi connectivity index (χ1) is 10.6. The molecule has 0 aliphatic carbocycles. The lowest BCUT2D eigenvalue weighted by Crippen LogP contribution is -2.11. The molecule has 0 bridgehead atoms. The molecule has 9 heteroatoms. The van der Waals surface area contributed by atoms with Crippen LogP contribution in [0.4, 0.5) is 22.0 Å². The van der Waals surface area contributed by atoms with Crippen molar-refractivity contribution in [3.05, 3.63) is 51.0 Å². The molecule has 2 aromatic rings. The van der Waals surface area contributed by atoms with E-state index in [1.807, 2.05) is 0 Å². The van der Waals surface area contributed by atoms with Crippen LogP contribution in [0.25, 0.3) is 11.1 Å². The largest absolute Gasteiger partial charge is 0.434 e.